The molecule has 0 aliphatic rings. The molecular weight excluding hydrogens is 402 g/mol. The molecule has 10 nitrogen and oxygen atoms in total. The Balaban J connectivity index is 1.69. The van der Waals surface area contributed by atoms with Gasteiger partial charge in [0.2, 0.25) is 11.9 Å². The highest BCUT2D eigenvalue weighted by atomic mass is 16.7. The van der Waals surface area contributed by atoms with Crippen molar-refractivity contribution < 1.29 is 23.8 Å². The average molecular weight is 425 g/mol. The first-order valence-electron chi connectivity index (χ1n) is 9.45. The number of aldehydes is 1. The van der Waals surface area contributed by atoms with E-state index in [-0.39, 0.29) is 18.0 Å². The highest BCUT2D eigenvalue weighted by Gasteiger charge is 2.16. The highest BCUT2D eigenvalue weighted by molar-refractivity contribution is 5.97. The van der Waals surface area contributed by atoms with Crippen LogP contribution in [0.3, 0.4) is 0 Å². The maximum atomic E-state index is 12.7. The van der Waals surface area contributed by atoms with Crippen molar-refractivity contribution in [1.29, 1.82) is 0 Å². The van der Waals surface area contributed by atoms with Crippen molar-refractivity contribution in [3.63, 3.8) is 0 Å². The van der Waals surface area contributed by atoms with E-state index >= 15 is 0 Å². The molecule has 10 heteroatoms. The van der Waals surface area contributed by atoms with Crippen molar-refractivity contribution in [3.8, 4) is 11.5 Å². The zero-order valence-electron chi connectivity index (χ0n) is 17.3. The van der Waals surface area contributed by atoms with Crippen LogP contribution in [0.4, 0.5) is 17.6 Å². The Hall–Kier alpha value is -3.92. The van der Waals surface area contributed by atoms with Crippen LogP contribution in [0.1, 0.15) is 24.2 Å². The molecule has 31 heavy (non-hydrogen) atoms. The number of nitrogens with zero attached hydrogens (tertiary/aromatic N) is 3. The van der Waals surface area contributed by atoms with Crippen LogP contribution in [0.5, 0.6) is 11.5 Å². The van der Waals surface area contributed by atoms with Crippen molar-refractivity contribution in [2.24, 2.45) is 0 Å². The summed E-state index contributed by atoms with van der Waals surface area (Å²) >= 11 is 0. The molecule has 0 aliphatic heterocycles. The van der Waals surface area contributed by atoms with E-state index in [0.717, 1.165) is 4.68 Å². The Labute approximate surface area is 178 Å². The summed E-state index contributed by atoms with van der Waals surface area (Å²) < 4.78 is 16.8. The van der Waals surface area contributed by atoms with E-state index in [0.29, 0.717) is 29.0 Å². The fourth-order valence-corrected chi connectivity index (χ4v) is 2.61. The van der Waals surface area contributed by atoms with E-state index < -0.39 is 12.2 Å². The highest BCUT2D eigenvalue weighted by Crippen LogP contribution is 2.21. The molecule has 3 N–H and O–H groups in total. The van der Waals surface area contributed by atoms with E-state index in [2.05, 4.69) is 15.4 Å². The van der Waals surface area contributed by atoms with Crippen molar-refractivity contribution in [1.82, 2.24) is 14.8 Å². The Morgan fingerprint density at radius 1 is 1.06 bits per heavy atom. The number of methoxy groups -OCH3 is 1. The maximum absolute atomic E-state index is 12.7. The molecule has 162 valence electrons. The number of hydrogen-bond donors (Lipinski definition) is 2. The number of nitrogens with one attached hydrogen (secondary N) is 1. The minimum absolute atomic E-state index is 0.0354. The quantitative estimate of drug-likeness (QED) is 0.392. The molecule has 0 bridgehead atoms. The molecule has 3 aromatic rings. The van der Waals surface area contributed by atoms with Crippen LogP contribution < -0.4 is 20.5 Å². The lowest BCUT2D eigenvalue weighted by atomic mass is 10.2. The fourth-order valence-electron chi connectivity index (χ4n) is 2.61. The predicted octanol–water partition coefficient (Wildman–Crippen LogP) is 2.63. The maximum Gasteiger partial charge on any atom is 0.281 e. The molecule has 3 rings (SSSR count). The minimum Gasteiger partial charge on any atom is -0.491 e. The molecular formula is C21H23N5O5. The number of carbonyl (C=O) groups is 2. The van der Waals surface area contributed by atoms with E-state index in [4.69, 9.17) is 19.9 Å². The Morgan fingerprint density at radius 2 is 1.68 bits per heavy atom. The molecule has 1 atom stereocenters. The third-order valence-corrected chi connectivity index (χ3v) is 4.00. The number of hydrogen-bond acceptors (Lipinski definition) is 9. The summed E-state index contributed by atoms with van der Waals surface area (Å²) in [5.74, 6) is 0.795. The van der Waals surface area contributed by atoms with Gasteiger partial charge in [-0.1, -0.05) is 0 Å². The van der Waals surface area contributed by atoms with E-state index in [9.17, 15) is 9.59 Å². The monoisotopic (exact) mass is 425 g/mol. The number of aromatic nitrogens is 3. The van der Waals surface area contributed by atoms with E-state index in [1.807, 2.05) is 13.8 Å². The molecule has 0 aliphatic carbocycles. The first-order chi connectivity index (χ1) is 14.9. The third kappa shape index (κ3) is 5.58. The first kappa shape index (κ1) is 21.8. The molecule has 1 unspecified atom stereocenters. The number of carbonyl (C=O) groups excluding carboxylic acids is 2. The second kappa shape index (κ2) is 9.72. The average Bonchev–Trinajstić information content (AvgIpc) is 3.12. The van der Waals surface area contributed by atoms with Crippen molar-refractivity contribution in [2.75, 3.05) is 18.2 Å². The van der Waals surface area contributed by atoms with Gasteiger partial charge in [0, 0.05) is 18.4 Å². The first-order valence-corrected chi connectivity index (χ1v) is 9.45. The van der Waals surface area contributed by atoms with Gasteiger partial charge in [0.1, 0.15) is 11.5 Å². The Morgan fingerprint density at radius 3 is 2.26 bits per heavy atom. The van der Waals surface area contributed by atoms with Crippen LogP contribution in [0, 0.1) is 0 Å². The van der Waals surface area contributed by atoms with Gasteiger partial charge in [-0.25, -0.2) is 0 Å². The summed E-state index contributed by atoms with van der Waals surface area (Å²) in [4.78, 5) is 27.6. The molecule has 0 saturated heterocycles. The SMILES string of the molecule is COC(C=O)Oc1ccc(Nc2nc(N)n(C(=O)c3ccc(OC(C)C)cc3)n2)cc1. The van der Waals surface area contributed by atoms with Crippen LogP contribution >= 0.6 is 0 Å². The summed E-state index contributed by atoms with van der Waals surface area (Å²) in [5, 5.41) is 7.10. The lowest BCUT2D eigenvalue weighted by Gasteiger charge is -2.11. The predicted molar refractivity (Wildman–Crippen MR) is 114 cm³/mol. The molecule has 0 amide bonds. The zero-order valence-corrected chi connectivity index (χ0v) is 17.3. The van der Waals surface area contributed by atoms with Gasteiger partial charge in [-0.3, -0.25) is 9.59 Å². The van der Waals surface area contributed by atoms with Crippen LogP contribution in [-0.2, 0) is 9.53 Å². The molecule has 0 fully saturated rings. The van der Waals surface area contributed by atoms with Crippen molar-refractivity contribution in [3.05, 3.63) is 54.1 Å². The van der Waals surface area contributed by atoms with Gasteiger partial charge in [0.05, 0.1) is 6.10 Å². The lowest BCUT2D eigenvalue weighted by molar-refractivity contribution is -0.132. The summed E-state index contributed by atoms with van der Waals surface area (Å²) in [6.45, 7) is 3.84. The topological polar surface area (TPSA) is 131 Å². The number of rotatable bonds is 9. The van der Waals surface area contributed by atoms with Crippen LogP contribution in [0.15, 0.2) is 48.5 Å². The van der Waals surface area contributed by atoms with E-state index in [1.54, 1.807) is 48.5 Å². The second-order valence-electron chi connectivity index (χ2n) is 6.71. The van der Waals surface area contributed by atoms with Crippen LogP contribution in [0.2, 0.25) is 0 Å². The molecule has 0 radical (unpaired) electrons. The number of nitrogens with two attached hydrogens (primary N) is 1. The molecule has 0 saturated carbocycles. The van der Waals surface area contributed by atoms with Gasteiger partial charge in [-0.2, -0.15) is 9.67 Å². The molecule has 1 aromatic heterocycles. The second-order valence-corrected chi connectivity index (χ2v) is 6.71. The number of ether oxygens (including phenoxy) is 3. The minimum atomic E-state index is -0.979. The van der Waals surface area contributed by atoms with Crippen LogP contribution in [0.25, 0.3) is 0 Å². The number of benzene rings is 2. The Kier molecular flexibility index (Phi) is 6.83. The summed E-state index contributed by atoms with van der Waals surface area (Å²) in [5.41, 5.74) is 6.90. The fraction of sp³-hybridized carbons (Fsp3) is 0.238. The molecule has 1 heterocycles. The van der Waals surface area contributed by atoms with Crippen molar-refractivity contribution in [2.45, 2.75) is 26.2 Å². The van der Waals surface area contributed by atoms with Gasteiger partial charge in [-0.05, 0) is 62.4 Å². The summed E-state index contributed by atoms with van der Waals surface area (Å²) in [6.07, 6.45) is -0.394. The Bertz CT molecular complexity index is 1030. The third-order valence-electron chi connectivity index (χ3n) is 4.00. The molecule has 0 spiro atoms. The van der Waals surface area contributed by atoms with Gasteiger partial charge in [0.15, 0.2) is 6.29 Å². The normalized spacial score (nSPS) is 11.7. The van der Waals surface area contributed by atoms with Gasteiger partial charge in [0.25, 0.3) is 12.2 Å². The molecule has 2 aromatic carbocycles. The van der Waals surface area contributed by atoms with Gasteiger partial charge in [-0.15, -0.1) is 5.10 Å². The zero-order chi connectivity index (χ0) is 22.4. The summed E-state index contributed by atoms with van der Waals surface area (Å²) in [6, 6.07) is 13.4. The van der Waals surface area contributed by atoms with Gasteiger partial charge < -0.3 is 25.3 Å². The van der Waals surface area contributed by atoms with Crippen molar-refractivity contribution >= 4 is 29.8 Å². The number of anilines is 3. The van der Waals surface area contributed by atoms with Crippen LogP contribution in [-0.4, -0.2) is 46.5 Å². The summed E-state index contributed by atoms with van der Waals surface area (Å²) in [7, 11) is 1.37. The smallest absolute Gasteiger partial charge is 0.281 e. The largest absolute Gasteiger partial charge is 0.491 e. The van der Waals surface area contributed by atoms with Gasteiger partial charge >= 0.3 is 0 Å². The van der Waals surface area contributed by atoms with E-state index in [1.165, 1.54) is 7.11 Å². The standard InChI is InChI=1S/C21H23N5O5/c1-13(2)30-16-8-4-14(5-9-16)19(28)26-20(22)24-21(25-26)23-15-6-10-17(11-7-15)31-18(12-27)29-3/h4-13,18H,1-3H3,(H3,22,23,24,25). The number of nitrogen functional groups attached to an aromatic ring is 1. The lowest BCUT2D eigenvalue weighted by Crippen LogP contribution is -2.19.